The fourth-order valence-corrected chi connectivity index (χ4v) is 4.09. The highest BCUT2D eigenvalue weighted by molar-refractivity contribution is 6.30. The zero-order chi connectivity index (χ0) is 21.6. The number of piperidine rings is 1. The van der Waals surface area contributed by atoms with Gasteiger partial charge in [-0.3, -0.25) is 14.7 Å². The summed E-state index contributed by atoms with van der Waals surface area (Å²) in [4.78, 5) is 26.8. The number of aromatic nitrogens is 2. The predicted molar refractivity (Wildman–Crippen MR) is 117 cm³/mol. The molecule has 2 N–H and O–H groups in total. The van der Waals surface area contributed by atoms with Gasteiger partial charge < -0.3 is 14.6 Å². The SMILES string of the molecule is O=C(NCc1ccco1)c1cc(C2CCN(C(=O)CCc3cccc(Cl)c3)CC2)[nH]n1. The van der Waals surface area contributed by atoms with Gasteiger partial charge in [0.15, 0.2) is 0 Å². The Kier molecular flexibility index (Phi) is 6.72. The van der Waals surface area contributed by atoms with Crippen LogP contribution in [0.5, 0.6) is 0 Å². The molecule has 0 spiro atoms. The minimum atomic E-state index is -0.243. The molecule has 1 fully saturated rings. The Hall–Kier alpha value is -3.06. The minimum absolute atomic E-state index is 0.168. The van der Waals surface area contributed by atoms with Gasteiger partial charge in [-0.2, -0.15) is 5.10 Å². The second-order valence-corrected chi connectivity index (χ2v) is 8.19. The van der Waals surface area contributed by atoms with Crippen LogP contribution in [0.4, 0.5) is 0 Å². The van der Waals surface area contributed by atoms with Gasteiger partial charge in [0.2, 0.25) is 5.91 Å². The van der Waals surface area contributed by atoms with Crippen LogP contribution < -0.4 is 5.32 Å². The molecule has 7 nitrogen and oxygen atoms in total. The molecule has 0 saturated carbocycles. The zero-order valence-electron chi connectivity index (χ0n) is 17.1. The number of nitrogens with one attached hydrogen (secondary N) is 2. The Morgan fingerprint density at radius 3 is 2.77 bits per heavy atom. The third kappa shape index (κ3) is 5.55. The monoisotopic (exact) mass is 440 g/mol. The molecule has 2 aromatic heterocycles. The number of carbonyl (C=O) groups is 2. The third-order valence-corrected chi connectivity index (χ3v) is 5.87. The molecule has 0 atom stereocenters. The lowest BCUT2D eigenvalue weighted by molar-refractivity contribution is -0.132. The Bertz CT molecular complexity index is 1020. The van der Waals surface area contributed by atoms with E-state index in [1.54, 1.807) is 24.5 Å². The van der Waals surface area contributed by atoms with Gasteiger partial charge in [0.25, 0.3) is 5.91 Å². The molecular formula is C23H25ClN4O3. The second kappa shape index (κ2) is 9.83. The van der Waals surface area contributed by atoms with Crippen LogP contribution in [0.15, 0.2) is 53.1 Å². The van der Waals surface area contributed by atoms with Gasteiger partial charge in [0.1, 0.15) is 11.5 Å². The number of furan rings is 1. The topological polar surface area (TPSA) is 91.2 Å². The summed E-state index contributed by atoms with van der Waals surface area (Å²) in [6.45, 7) is 1.74. The van der Waals surface area contributed by atoms with Crippen molar-refractivity contribution in [3.63, 3.8) is 0 Å². The number of carbonyl (C=O) groups excluding carboxylic acids is 2. The first-order chi connectivity index (χ1) is 15.1. The predicted octanol–water partition coefficient (Wildman–Crippen LogP) is 3.92. The number of halogens is 1. The summed E-state index contributed by atoms with van der Waals surface area (Å²) in [5.41, 5.74) is 2.38. The van der Waals surface area contributed by atoms with Gasteiger partial charge in [-0.05, 0) is 55.2 Å². The second-order valence-electron chi connectivity index (χ2n) is 7.76. The molecule has 8 heteroatoms. The highest BCUT2D eigenvalue weighted by Crippen LogP contribution is 2.27. The lowest BCUT2D eigenvalue weighted by Gasteiger charge is -2.31. The summed E-state index contributed by atoms with van der Waals surface area (Å²) in [6.07, 6.45) is 4.44. The van der Waals surface area contributed by atoms with Gasteiger partial charge >= 0.3 is 0 Å². The van der Waals surface area contributed by atoms with E-state index in [4.69, 9.17) is 16.0 Å². The van der Waals surface area contributed by atoms with Crippen LogP contribution in [0.2, 0.25) is 5.02 Å². The van der Waals surface area contributed by atoms with E-state index < -0.39 is 0 Å². The molecule has 0 aliphatic carbocycles. The summed E-state index contributed by atoms with van der Waals surface area (Å²) in [5, 5.41) is 10.6. The highest BCUT2D eigenvalue weighted by Gasteiger charge is 2.25. The lowest BCUT2D eigenvalue weighted by atomic mass is 9.93. The van der Waals surface area contributed by atoms with Crippen LogP contribution in [-0.2, 0) is 17.8 Å². The molecule has 2 amide bonds. The average molecular weight is 441 g/mol. The maximum atomic E-state index is 12.6. The van der Waals surface area contributed by atoms with Crippen molar-refractivity contribution >= 4 is 23.4 Å². The molecule has 4 rings (SSSR count). The van der Waals surface area contributed by atoms with E-state index >= 15 is 0 Å². The van der Waals surface area contributed by atoms with E-state index in [2.05, 4.69) is 15.5 Å². The standard InChI is InChI=1S/C23H25ClN4O3/c24-18-4-1-3-16(13-18)6-7-22(29)28-10-8-17(9-11-28)20-14-21(27-26-20)23(30)25-15-19-5-2-12-31-19/h1-5,12-14,17H,6-11,15H2,(H,25,30)(H,26,27). The molecule has 162 valence electrons. The van der Waals surface area contributed by atoms with Crippen molar-refractivity contribution in [2.24, 2.45) is 0 Å². The quantitative estimate of drug-likeness (QED) is 0.582. The van der Waals surface area contributed by atoms with Gasteiger partial charge in [-0.1, -0.05) is 23.7 Å². The van der Waals surface area contributed by atoms with E-state index in [0.717, 1.165) is 24.1 Å². The van der Waals surface area contributed by atoms with E-state index in [-0.39, 0.29) is 17.7 Å². The number of rotatable bonds is 7. The number of hydrogen-bond donors (Lipinski definition) is 2. The van der Waals surface area contributed by atoms with Crippen molar-refractivity contribution in [1.29, 1.82) is 0 Å². The smallest absolute Gasteiger partial charge is 0.272 e. The maximum Gasteiger partial charge on any atom is 0.272 e. The van der Waals surface area contributed by atoms with Crippen LogP contribution in [0.1, 0.15) is 52.7 Å². The fraction of sp³-hybridized carbons (Fsp3) is 0.348. The summed E-state index contributed by atoms with van der Waals surface area (Å²) >= 11 is 6.01. The van der Waals surface area contributed by atoms with Crippen molar-refractivity contribution in [1.82, 2.24) is 20.4 Å². The summed E-state index contributed by atoms with van der Waals surface area (Å²) < 4.78 is 5.22. The Labute approximate surface area is 185 Å². The number of hydrogen-bond acceptors (Lipinski definition) is 4. The van der Waals surface area contributed by atoms with E-state index in [1.807, 2.05) is 29.2 Å². The van der Waals surface area contributed by atoms with Crippen LogP contribution in [0, 0.1) is 0 Å². The van der Waals surface area contributed by atoms with Crippen LogP contribution >= 0.6 is 11.6 Å². The minimum Gasteiger partial charge on any atom is -0.467 e. The number of amides is 2. The first-order valence-corrected chi connectivity index (χ1v) is 10.8. The van der Waals surface area contributed by atoms with Gasteiger partial charge in [0, 0.05) is 36.1 Å². The number of nitrogens with zero attached hydrogens (tertiary/aromatic N) is 2. The van der Waals surface area contributed by atoms with Crippen LogP contribution in [0.3, 0.4) is 0 Å². The summed E-state index contributed by atoms with van der Waals surface area (Å²) in [6, 6.07) is 13.0. The van der Waals surface area contributed by atoms with Crippen LogP contribution in [-0.4, -0.2) is 40.0 Å². The van der Waals surface area contributed by atoms with E-state index in [9.17, 15) is 9.59 Å². The molecular weight excluding hydrogens is 416 g/mol. The Balaban J connectivity index is 1.24. The molecule has 31 heavy (non-hydrogen) atoms. The van der Waals surface area contributed by atoms with E-state index in [0.29, 0.717) is 49.0 Å². The molecule has 3 aromatic rings. The number of aromatic amines is 1. The van der Waals surface area contributed by atoms with Gasteiger partial charge in [-0.25, -0.2) is 0 Å². The van der Waals surface area contributed by atoms with Crippen molar-refractivity contribution < 1.29 is 14.0 Å². The largest absolute Gasteiger partial charge is 0.467 e. The Morgan fingerprint density at radius 2 is 2.03 bits per heavy atom. The number of likely N-dealkylation sites (tertiary alicyclic amines) is 1. The molecule has 3 heterocycles. The molecule has 0 radical (unpaired) electrons. The molecule has 0 unspecified atom stereocenters. The first kappa shape index (κ1) is 21.2. The normalized spacial score (nSPS) is 14.5. The molecule has 1 aromatic carbocycles. The van der Waals surface area contributed by atoms with Crippen molar-refractivity contribution in [2.45, 2.75) is 38.1 Å². The van der Waals surface area contributed by atoms with Gasteiger partial charge in [0.05, 0.1) is 12.8 Å². The molecule has 1 aliphatic heterocycles. The zero-order valence-corrected chi connectivity index (χ0v) is 17.9. The van der Waals surface area contributed by atoms with E-state index in [1.165, 1.54) is 0 Å². The maximum absolute atomic E-state index is 12.6. The molecule has 1 aliphatic rings. The van der Waals surface area contributed by atoms with Crippen molar-refractivity contribution in [3.8, 4) is 0 Å². The number of H-pyrrole nitrogens is 1. The highest BCUT2D eigenvalue weighted by atomic mass is 35.5. The van der Waals surface area contributed by atoms with Crippen LogP contribution in [0.25, 0.3) is 0 Å². The fourth-order valence-electron chi connectivity index (χ4n) is 3.87. The lowest BCUT2D eigenvalue weighted by Crippen LogP contribution is -2.38. The molecule has 0 bridgehead atoms. The van der Waals surface area contributed by atoms with Crippen molar-refractivity contribution in [3.05, 3.63) is 76.5 Å². The number of benzene rings is 1. The number of aryl methyl sites for hydroxylation is 1. The first-order valence-electron chi connectivity index (χ1n) is 10.5. The third-order valence-electron chi connectivity index (χ3n) is 5.64. The van der Waals surface area contributed by atoms with Crippen molar-refractivity contribution in [2.75, 3.05) is 13.1 Å². The Morgan fingerprint density at radius 1 is 1.19 bits per heavy atom. The summed E-state index contributed by atoms with van der Waals surface area (Å²) in [7, 11) is 0. The molecule has 1 saturated heterocycles. The van der Waals surface area contributed by atoms with Gasteiger partial charge in [-0.15, -0.1) is 0 Å². The average Bonchev–Trinajstić information content (AvgIpc) is 3.48. The summed E-state index contributed by atoms with van der Waals surface area (Å²) in [5.74, 6) is 0.876.